The van der Waals surface area contributed by atoms with E-state index in [1.807, 2.05) is 18.2 Å². The summed E-state index contributed by atoms with van der Waals surface area (Å²) >= 11 is 0. The fraction of sp³-hybridized carbons (Fsp3) is 0.467. The van der Waals surface area contributed by atoms with Gasteiger partial charge in [0.2, 0.25) is 5.91 Å². The first-order valence-corrected chi connectivity index (χ1v) is 6.71. The Morgan fingerprint density at radius 1 is 1.37 bits per heavy atom. The molecule has 1 aliphatic heterocycles. The average molecular weight is 260 g/mol. The fourth-order valence-electron chi connectivity index (χ4n) is 2.48. The molecule has 0 unspecified atom stereocenters. The Labute approximate surface area is 113 Å². The molecule has 1 aromatic carbocycles. The number of rotatable bonds is 5. The number of ketones is 1. The lowest BCUT2D eigenvalue weighted by atomic mass is 10.1. The van der Waals surface area contributed by atoms with Gasteiger partial charge >= 0.3 is 0 Å². The van der Waals surface area contributed by atoms with Crippen molar-refractivity contribution in [2.24, 2.45) is 0 Å². The van der Waals surface area contributed by atoms with E-state index in [1.165, 1.54) is 11.3 Å². The molecule has 0 radical (unpaired) electrons. The van der Waals surface area contributed by atoms with Crippen LogP contribution in [0.5, 0.6) is 0 Å². The minimum atomic E-state index is 0.0892. The molecule has 4 nitrogen and oxygen atoms in total. The smallest absolute Gasteiger partial charge is 0.219 e. The topological polar surface area (TPSA) is 49.4 Å². The molecule has 0 aromatic heterocycles. The fourth-order valence-corrected chi connectivity index (χ4v) is 2.48. The van der Waals surface area contributed by atoms with E-state index in [9.17, 15) is 9.59 Å². The number of Topliss-reactive ketones (excluding diaryl/α,β-unsaturated/α-hetero) is 1. The van der Waals surface area contributed by atoms with Crippen LogP contribution in [0.25, 0.3) is 0 Å². The van der Waals surface area contributed by atoms with E-state index in [-0.39, 0.29) is 11.7 Å². The number of carbonyl (C=O) groups excluding carboxylic acids is 2. The largest absolute Gasteiger partial charge is 0.371 e. The maximum absolute atomic E-state index is 11.3. The predicted octanol–water partition coefficient (Wildman–Crippen LogP) is 1.78. The van der Waals surface area contributed by atoms with Gasteiger partial charge in [0, 0.05) is 37.8 Å². The second-order valence-electron chi connectivity index (χ2n) is 4.91. The van der Waals surface area contributed by atoms with Crippen molar-refractivity contribution in [3.05, 3.63) is 29.3 Å². The van der Waals surface area contributed by atoms with Crippen molar-refractivity contribution in [3.63, 3.8) is 0 Å². The van der Waals surface area contributed by atoms with Crippen LogP contribution in [0.1, 0.15) is 35.7 Å². The molecule has 4 heteroatoms. The Morgan fingerprint density at radius 3 is 2.84 bits per heavy atom. The van der Waals surface area contributed by atoms with E-state index < -0.39 is 0 Å². The molecule has 1 amide bonds. The number of fused-ring (bicyclic) bond motifs is 1. The molecular weight excluding hydrogens is 240 g/mol. The third-order valence-electron chi connectivity index (χ3n) is 3.59. The molecule has 19 heavy (non-hydrogen) atoms. The summed E-state index contributed by atoms with van der Waals surface area (Å²) in [5.41, 5.74) is 3.24. The number of nitrogens with one attached hydrogen (secondary N) is 1. The van der Waals surface area contributed by atoms with Crippen LogP contribution in [-0.2, 0) is 11.2 Å². The second-order valence-corrected chi connectivity index (χ2v) is 4.91. The second kappa shape index (κ2) is 5.87. The maximum atomic E-state index is 11.3. The minimum Gasteiger partial charge on any atom is -0.371 e. The summed E-state index contributed by atoms with van der Waals surface area (Å²) in [6.45, 7) is 3.46. The number of benzene rings is 1. The van der Waals surface area contributed by atoms with Gasteiger partial charge in [0.05, 0.1) is 0 Å². The molecule has 0 bridgehead atoms. The van der Waals surface area contributed by atoms with E-state index in [4.69, 9.17) is 0 Å². The van der Waals surface area contributed by atoms with E-state index in [2.05, 4.69) is 10.2 Å². The van der Waals surface area contributed by atoms with Crippen LogP contribution in [0, 0.1) is 0 Å². The van der Waals surface area contributed by atoms with Gasteiger partial charge in [-0.15, -0.1) is 0 Å². The van der Waals surface area contributed by atoms with Gasteiger partial charge in [-0.3, -0.25) is 9.59 Å². The molecule has 0 fully saturated rings. The van der Waals surface area contributed by atoms with Crippen molar-refractivity contribution in [2.45, 2.75) is 26.2 Å². The molecule has 0 saturated heterocycles. The van der Waals surface area contributed by atoms with Crippen LogP contribution < -0.4 is 10.2 Å². The van der Waals surface area contributed by atoms with Gasteiger partial charge in [-0.05, 0) is 43.5 Å². The Hall–Kier alpha value is -1.84. The van der Waals surface area contributed by atoms with Crippen molar-refractivity contribution < 1.29 is 9.59 Å². The summed E-state index contributed by atoms with van der Waals surface area (Å²) < 4.78 is 0. The van der Waals surface area contributed by atoms with Crippen LogP contribution in [0.15, 0.2) is 18.2 Å². The van der Waals surface area contributed by atoms with Crippen LogP contribution in [-0.4, -0.2) is 31.8 Å². The Morgan fingerprint density at radius 2 is 2.16 bits per heavy atom. The Kier molecular flexibility index (Phi) is 4.20. The molecule has 0 atom stereocenters. The van der Waals surface area contributed by atoms with Crippen molar-refractivity contribution >= 4 is 17.4 Å². The van der Waals surface area contributed by atoms with Crippen molar-refractivity contribution in [1.82, 2.24) is 5.32 Å². The van der Waals surface area contributed by atoms with Gasteiger partial charge in [-0.1, -0.05) is 0 Å². The lowest BCUT2D eigenvalue weighted by Crippen LogP contribution is -2.24. The molecule has 1 N–H and O–H groups in total. The first kappa shape index (κ1) is 13.6. The molecule has 2 rings (SSSR count). The standard InChI is InChI=1S/C15H20N2O2/c1-11(18)12-5-6-14-13(10-12)7-9-17(14)8-3-4-15(19)16-2/h5-6,10H,3-4,7-9H2,1-2H3,(H,16,19). The van der Waals surface area contributed by atoms with Crippen molar-refractivity contribution in [3.8, 4) is 0 Å². The van der Waals surface area contributed by atoms with Crippen LogP contribution >= 0.6 is 0 Å². The highest BCUT2D eigenvalue weighted by Gasteiger charge is 2.19. The summed E-state index contributed by atoms with van der Waals surface area (Å²) in [6, 6.07) is 5.91. The Balaban J connectivity index is 1.98. The van der Waals surface area contributed by atoms with Gasteiger partial charge < -0.3 is 10.2 Å². The summed E-state index contributed by atoms with van der Waals surface area (Å²) in [6.07, 6.45) is 2.40. The Bertz CT molecular complexity index is 497. The van der Waals surface area contributed by atoms with Gasteiger partial charge in [-0.2, -0.15) is 0 Å². The first-order valence-electron chi connectivity index (χ1n) is 6.71. The maximum Gasteiger partial charge on any atom is 0.219 e. The van der Waals surface area contributed by atoms with Crippen molar-refractivity contribution in [2.75, 3.05) is 25.0 Å². The highest BCUT2D eigenvalue weighted by atomic mass is 16.1. The molecule has 1 heterocycles. The SMILES string of the molecule is CNC(=O)CCCN1CCc2cc(C(C)=O)ccc21. The van der Waals surface area contributed by atoms with Crippen LogP contribution in [0.2, 0.25) is 0 Å². The highest BCUT2D eigenvalue weighted by Crippen LogP contribution is 2.29. The summed E-state index contributed by atoms with van der Waals surface area (Å²) in [4.78, 5) is 24.8. The summed E-state index contributed by atoms with van der Waals surface area (Å²) in [5, 5.41) is 2.63. The number of hydrogen-bond donors (Lipinski definition) is 1. The zero-order chi connectivity index (χ0) is 13.8. The molecular formula is C15H20N2O2. The first-order chi connectivity index (χ1) is 9.11. The van der Waals surface area contributed by atoms with Gasteiger partial charge in [0.1, 0.15) is 0 Å². The third-order valence-corrected chi connectivity index (χ3v) is 3.59. The molecule has 0 spiro atoms. The molecule has 0 aliphatic carbocycles. The highest BCUT2D eigenvalue weighted by molar-refractivity contribution is 5.94. The predicted molar refractivity (Wildman–Crippen MR) is 75.7 cm³/mol. The number of nitrogens with zero attached hydrogens (tertiary/aromatic N) is 1. The van der Waals surface area contributed by atoms with Crippen LogP contribution in [0.4, 0.5) is 5.69 Å². The molecule has 102 valence electrons. The zero-order valence-corrected chi connectivity index (χ0v) is 11.5. The number of hydrogen-bond acceptors (Lipinski definition) is 3. The lowest BCUT2D eigenvalue weighted by molar-refractivity contribution is -0.120. The normalized spacial score (nSPS) is 13.3. The van der Waals surface area contributed by atoms with Crippen LogP contribution in [0.3, 0.4) is 0 Å². The number of anilines is 1. The molecule has 0 saturated carbocycles. The van der Waals surface area contributed by atoms with Gasteiger partial charge in [0.25, 0.3) is 0 Å². The molecule has 1 aromatic rings. The zero-order valence-electron chi connectivity index (χ0n) is 11.5. The number of amides is 1. The average Bonchev–Trinajstić information content (AvgIpc) is 2.81. The third kappa shape index (κ3) is 3.13. The van der Waals surface area contributed by atoms with E-state index >= 15 is 0 Å². The summed E-state index contributed by atoms with van der Waals surface area (Å²) in [7, 11) is 1.66. The number of carbonyl (C=O) groups is 2. The monoisotopic (exact) mass is 260 g/mol. The van der Waals surface area contributed by atoms with E-state index in [0.717, 1.165) is 31.5 Å². The quantitative estimate of drug-likeness (QED) is 0.821. The van der Waals surface area contributed by atoms with Crippen molar-refractivity contribution in [1.29, 1.82) is 0 Å². The minimum absolute atomic E-state index is 0.0892. The van der Waals surface area contributed by atoms with E-state index in [0.29, 0.717) is 6.42 Å². The summed E-state index contributed by atoms with van der Waals surface area (Å²) in [5.74, 6) is 0.201. The van der Waals surface area contributed by atoms with Gasteiger partial charge in [-0.25, -0.2) is 0 Å². The molecule has 1 aliphatic rings. The van der Waals surface area contributed by atoms with E-state index in [1.54, 1.807) is 14.0 Å². The lowest BCUT2D eigenvalue weighted by Gasteiger charge is -2.19. The van der Waals surface area contributed by atoms with Gasteiger partial charge in [0.15, 0.2) is 5.78 Å².